The van der Waals surface area contributed by atoms with Gasteiger partial charge >= 0.3 is 0 Å². The quantitative estimate of drug-likeness (QED) is 0.826. The summed E-state index contributed by atoms with van der Waals surface area (Å²) in [4.78, 5) is 2.52. The zero-order valence-corrected chi connectivity index (χ0v) is 11.3. The molecule has 4 nitrogen and oxygen atoms in total. The van der Waals surface area contributed by atoms with Gasteiger partial charge in [0.2, 0.25) is 0 Å². The van der Waals surface area contributed by atoms with Crippen molar-refractivity contribution in [3.63, 3.8) is 0 Å². The number of nitrogens with zero attached hydrogens (tertiary/aromatic N) is 1. The van der Waals surface area contributed by atoms with Crippen LogP contribution in [0.1, 0.15) is 38.5 Å². The molecule has 1 aliphatic carbocycles. The van der Waals surface area contributed by atoms with Crippen LogP contribution >= 0.6 is 0 Å². The number of ether oxygens (including phenoxy) is 2. The number of hydrogen-bond acceptors (Lipinski definition) is 4. The number of nitrogens with two attached hydrogens (primary N) is 1. The normalized spacial score (nSPS) is 36.5. The van der Waals surface area contributed by atoms with Gasteiger partial charge in [-0.05, 0) is 44.7 Å². The molecule has 0 aromatic rings. The fraction of sp³-hybridized carbons (Fsp3) is 1.00. The maximum absolute atomic E-state index is 6.19. The molecular weight excluding hydrogens is 228 g/mol. The molecule has 0 amide bonds. The molecule has 0 aromatic carbocycles. The monoisotopic (exact) mass is 254 g/mol. The minimum absolute atomic E-state index is 0.201. The predicted octanol–water partition coefficient (Wildman–Crippen LogP) is 1.34. The van der Waals surface area contributed by atoms with Crippen LogP contribution in [0.5, 0.6) is 0 Å². The molecule has 0 aromatic heterocycles. The summed E-state index contributed by atoms with van der Waals surface area (Å²) in [5.41, 5.74) is 5.79. The van der Waals surface area contributed by atoms with Gasteiger partial charge in [-0.15, -0.1) is 0 Å². The van der Waals surface area contributed by atoms with Crippen molar-refractivity contribution in [1.82, 2.24) is 4.90 Å². The number of hydrogen-bond donors (Lipinski definition) is 1. The Morgan fingerprint density at radius 3 is 2.83 bits per heavy atom. The first-order valence-corrected chi connectivity index (χ1v) is 7.54. The molecule has 2 saturated heterocycles. The van der Waals surface area contributed by atoms with Crippen LogP contribution in [-0.2, 0) is 9.47 Å². The van der Waals surface area contributed by atoms with Crippen LogP contribution in [0.4, 0.5) is 0 Å². The van der Waals surface area contributed by atoms with Crippen molar-refractivity contribution in [3.8, 4) is 0 Å². The molecule has 3 aliphatic rings. The average Bonchev–Trinajstić information content (AvgIpc) is 3.01. The number of likely N-dealkylation sites (tertiary alicyclic amines) is 1. The van der Waals surface area contributed by atoms with Gasteiger partial charge in [0.25, 0.3) is 0 Å². The SMILES string of the molecule is NCC1CCCN(CC2COC3(CCCC3)O2)C1. The van der Waals surface area contributed by atoms with E-state index in [4.69, 9.17) is 15.2 Å². The van der Waals surface area contributed by atoms with E-state index in [1.165, 1.54) is 32.2 Å². The highest BCUT2D eigenvalue weighted by Gasteiger charge is 2.44. The highest BCUT2D eigenvalue weighted by Crippen LogP contribution is 2.39. The molecule has 3 fully saturated rings. The molecule has 18 heavy (non-hydrogen) atoms. The van der Waals surface area contributed by atoms with Crippen LogP contribution in [0.3, 0.4) is 0 Å². The highest BCUT2D eigenvalue weighted by molar-refractivity contribution is 4.86. The van der Waals surface area contributed by atoms with Crippen LogP contribution in [-0.4, -0.2) is 49.6 Å². The Morgan fingerprint density at radius 1 is 1.22 bits per heavy atom. The molecule has 104 valence electrons. The summed E-state index contributed by atoms with van der Waals surface area (Å²) in [6, 6.07) is 0. The predicted molar refractivity (Wildman–Crippen MR) is 70.2 cm³/mol. The van der Waals surface area contributed by atoms with Crippen LogP contribution in [0.15, 0.2) is 0 Å². The number of rotatable bonds is 3. The van der Waals surface area contributed by atoms with E-state index in [9.17, 15) is 0 Å². The minimum Gasteiger partial charge on any atom is -0.347 e. The molecule has 0 radical (unpaired) electrons. The molecule has 1 saturated carbocycles. The Morgan fingerprint density at radius 2 is 2.06 bits per heavy atom. The van der Waals surface area contributed by atoms with E-state index in [-0.39, 0.29) is 11.9 Å². The molecule has 2 heterocycles. The summed E-state index contributed by atoms with van der Waals surface area (Å²) in [7, 11) is 0. The Kier molecular flexibility index (Phi) is 3.89. The van der Waals surface area contributed by atoms with Crippen molar-refractivity contribution in [2.24, 2.45) is 11.7 Å². The molecule has 2 unspecified atom stereocenters. The van der Waals surface area contributed by atoms with Gasteiger partial charge in [0.15, 0.2) is 5.79 Å². The third-order valence-electron chi connectivity index (χ3n) is 4.68. The lowest BCUT2D eigenvalue weighted by molar-refractivity contribution is -0.163. The smallest absolute Gasteiger partial charge is 0.168 e. The van der Waals surface area contributed by atoms with Gasteiger partial charge < -0.3 is 20.1 Å². The molecule has 2 N–H and O–H groups in total. The zero-order chi connectivity index (χ0) is 12.4. The summed E-state index contributed by atoms with van der Waals surface area (Å²) < 4.78 is 12.1. The summed E-state index contributed by atoms with van der Waals surface area (Å²) >= 11 is 0. The topological polar surface area (TPSA) is 47.7 Å². The molecule has 1 spiro atoms. The lowest BCUT2D eigenvalue weighted by atomic mass is 9.98. The van der Waals surface area contributed by atoms with E-state index in [2.05, 4.69) is 4.90 Å². The maximum Gasteiger partial charge on any atom is 0.168 e. The Hall–Kier alpha value is -0.160. The lowest BCUT2D eigenvalue weighted by Gasteiger charge is -2.33. The van der Waals surface area contributed by atoms with Crippen LogP contribution in [0, 0.1) is 5.92 Å². The first-order valence-electron chi connectivity index (χ1n) is 7.54. The summed E-state index contributed by atoms with van der Waals surface area (Å²) in [6.07, 6.45) is 7.54. The van der Waals surface area contributed by atoms with Crippen molar-refractivity contribution in [2.45, 2.75) is 50.4 Å². The van der Waals surface area contributed by atoms with Crippen molar-refractivity contribution >= 4 is 0 Å². The first-order chi connectivity index (χ1) is 8.80. The third kappa shape index (κ3) is 2.72. The van der Waals surface area contributed by atoms with Crippen LogP contribution in [0.25, 0.3) is 0 Å². The largest absolute Gasteiger partial charge is 0.347 e. The summed E-state index contributed by atoms with van der Waals surface area (Å²) in [6.45, 7) is 4.97. The maximum atomic E-state index is 6.19. The lowest BCUT2D eigenvalue weighted by Crippen LogP contribution is -2.43. The molecule has 3 rings (SSSR count). The van der Waals surface area contributed by atoms with E-state index in [0.717, 1.165) is 39.1 Å². The second kappa shape index (κ2) is 5.45. The average molecular weight is 254 g/mol. The van der Waals surface area contributed by atoms with Crippen LogP contribution < -0.4 is 5.73 Å². The molecular formula is C14H26N2O2. The fourth-order valence-electron chi connectivity index (χ4n) is 3.68. The van der Waals surface area contributed by atoms with Gasteiger partial charge in [0.1, 0.15) is 0 Å². The van der Waals surface area contributed by atoms with E-state index in [1.807, 2.05) is 0 Å². The van der Waals surface area contributed by atoms with Crippen molar-refractivity contribution in [3.05, 3.63) is 0 Å². The second-order valence-electron chi connectivity index (χ2n) is 6.17. The second-order valence-corrected chi connectivity index (χ2v) is 6.17. The standard InChI is InChI=1S/C14H26N2O2/c15-8-12-4-3-7-16(9-12)10-13-11-17-14(18-13)5-1-2-6-14/h12-13H,1-11,15H2. The summed E-state index contributed by atoms with van der Waals surface area (Å²) in [5, 5.41) is 0. The number of piperidine rings is 1. The highest BCUT2D eigenvalue weighted by atomic mass is 16.7. The van der Waals surface area contributed by atoms with Gasteiger partial charge in [-0.2, -0.15) is 0 Å². The van der Waals surface area contributed by atoms with E-state index in [0.29, 0.717) is 5.92 Å². The van der Waals surface area contributed by atoms with Crippen molar-refractivity contribution in [1.29, 1.82) is 0 Å². The fourth-order valence-corrected chi connectivity index (χ4v) is 3.68. The summed E-state index contributed by atoms with van der Waals surface area (Å²) in [5.74, 6) is 0.481. The Balaban J connectivity index is 1.48. The molecule has 2 aliphatic heterocycles. The molecule has 2 atom stereocenters. The molecule has 4 heteroatoms. The Bertz CT molecular complexity index is 279. The first kappa shape index (κ1) is 12.9. The molecule has 0 bridgehead atoms. The van der Waals surface area contributed by atoms with Gasteiger partial charge in [-0.1, -0.05) is 0 Å². The zero-order valence-electron chi connectivity index (χ0n) is 11.3. The van der Waals surface area contributed by atoms with E-state index in [1.54, 1.807) is 0 Å². The Labute approximate surface area is 110 Å². The third-order valence-corrected chi connectivity index (χ3v) is 4.68. The van der Waals surface area contributed by atoms with E-state index >= 15 is 0 Å². The van der Waals surface area contributed by atoms with Crippen LogP contribution in [0.2, 0.25) is 0 Å². The van der Waals surface area contributed by atoms with Gasteiger partial charge in [0, 0.05) is 25.9 Å². The van der Waals surface area contributed by atoms with Crippen molar-refractivity contribution in [2.75, 3.05) is 32.8 Å². The van der Waals surface area contributed by atoms with Crippen molar-refractivity contribution < 1.29 is 9.47 Å². The van der Waals surface area contributed by atoms with E-state index < -0.39 is 0 Å². The van der Waals surface area contributed by atoms with Gasteiger partial charge in [0.05, 0.1) is 12.7 Å². The van der Waals surface area contributed by atoms with Gasteiger partial charge in [-0.3, -0.25) is 0 Å². The minimum atomic E-state index is -0.201. The van der Waals surface area contributed by atoms with Gasteiger partial charge in [-0.25, -0.2) is 0 Å².